The van der Waals surface area contributed by atoms with Crippen LogP contribution in [0.15, 0.2) is 42.5 Å². The summed E-state index contributed by atoms with van der Waals surface area (Å²) in [5.74, 6) is -0.184. The summed E-state index contributed by atoms with van der Waals surface area (Å²) in [4.78, 5) is 16.4. The number of aliphatic hydroxyl groups is 1. The standard InChI is InChI=1S/C28H36Cl3NO3S/c1-4-32(5-2)12-13-35-28(34)26-11-9-22(36-26)8-6-18(3)27-23(25(33)17-24(27)31)10-7-19-14-20(29)16-21(30)15-19/h9,11,14-16,23-25,27,33H,3-8,10,12-13,17H2,1-2H3. The molecular weight excluding hydrogens is 537 g/mol. The van der Waals surface area contributed by atoms with Crippen molar-refractivity contribution in [1.82, 2.24) is 4.90 Å². The number of nitrogens with zero attached hydrogens (tertiary/aromatic N) is 1. The van der Waals surface area contributed by atoms with E-state index >= 15 is 0 Å². The quantitative estimate of drug-likeness (QED) is 0.156. The zero-order valence-corrected chi connectivity index (χ0v) is 24.1. The normalized spacial score (nSPS) is 21.8. The maximum atomic E-state index is 12.4. The number of carbonyl (C=O) groups excluding carboxylic acids is 1. The largest absolute Gasteiger partial charge is 0.460 e. The SMILES string of the molecule is C=C(CCc1ccc(C(=O)OCCN(CC)CC)s1)C1C(Cl)CC(O)C1CCc1cc(Cl)cc(Cl)c1. The van der Waals surface area contributed by atoms with Crippen molar-refractivity contribution >= 4 is 52.1 Å². The van der Waals surface area contributed by atoms with E-state index in [4.69, 9.17) is 39.5 Å². The first kappa shape index (κ1) is 29.5. The molecule has 1 aliphatic carbocycles. The Bertz CT molecular complexity index is 1000. The minimum atomic E-state index is -0.455. The van der Waals surface area contributed by atoms with Gasteiger partial charge in [0, 0.05) is 32.8 Å². The van der Waals surface area contributed by atoms with Gasteiger partial charge in [0.1, 0.15) is 11.5 Å². The molecular formula is C28H36Cl3NO3S. The maximum absolute atomic E-state index is 12.4. The average molecular weight is 573 g/mol. The number of hydrogen-bond acceptors (Lipinski definition) is 5. The van der Waals surface area contributed by atoms with E-state index in [0.717, 1.165) is 61.3 Å². The van der Waals surface area contributed by atoms with E-state index < -0.39 is 6.10 Å². The lowest BCUT2D eigenvalue weighted by molar-refractivity contribution is 0.0472. The molecule has 0 amide bonds. The second-order valence-electron chi connectivity index (χ2n) is 9.41. The Balaban J connectivity index is 1.52. The zero-order valence-electron chi connectivity index (χ0n) is 21.0. The van der Waals surface area contributed by atoms with Crippen LogP contribution in [0.5, 0.6) is 0 Å². The Morgan fingerprint density at radius 2 is 1.86 bits per heavy atom. The summed E-state index contributed by atoms with van der Waals surface area (Å²) in [6.07, 6.45) is 3.20. The van der Waals surface area contributed by atoms with Gasteiger partial charge in [0.15, 0.2) is 0 Å². The molecule has 0 spiro atoms. The fraction of sp³-hybridized carbons (Fsp3) is 0.536. The van der Waals surface area contributed by atoms with Crippen molar-refractivity contribution in [3.8, 4) is 0 Å². The predicted molar refractivity (Wildman–Crippen MR) is 152 cm³/mol. The van der Waals surface area contributed by atoms with Crippen molar-refractivity contribution in [3.63, 3.8) is 0 Å². The highest BCUT2D eigenvalue weighted by molar-refractivity contribution is 7.13. The fourth-order valence-electron chi connectivity index (χ4n) is 5.03. The van der Waals surface area contributed by atoms with Crippen LogP contribution < -0.4 is 0 Å². The number of ether oxygens (including phenoxy) is 1. The molecule has 2 aromatic rings. The first-order valence-electron chi connectivity index (χ1n) is 12.6. The highest BCUT2D eigenvalue weighted by Gasteiger charge is 2.42. The lowest BCUT2D eigenvalue weighted by atomic mass is 9.82. The molecule has 0 bridgehead atoms. The van der Waals surface area contributed by atoms with E-state index in [0.29, 0.717) is 28.0 Å². The van der Waals surface area contributed by atoms with Gasteiger partial charge in [-0.3, -0.25) is 0 Å². The van der Waals surface area contributed by atoms with E-state index in [1.54, 1.807) is 6.07 Å². The van der Waals surface area contributed by atoms with Crippen LogP contribution in [0.1, 0.15) is 53.2 Å². The van der Waals surface area contributed by atoms with Crippen molar-refractivity contribution in [3.05, 3.63) is 67.8 Å². The zero-order chi connectivity index (χ0) is 26.2. The summed E-state index contributed by atoms with van der Waals surface area (Å²) in [5, 5.41) is 11.8. The maximum Gasteiger partial charge on any atom is 0.348 e. The Labute approximate surface area is 234 Å². The molecule has 0 aliphatic heterocycles. The fourth-order valence-corrected chi connectivity index (χ4v) is 7.05. The van der Waals surface area contributed by atoms with Crippen LogP contribution in [0.25, 0.3) is 0 Å². The van der Waals surface area contributed by atoms with Crippen LogP contribution in [0.4, 0.5) is 0 Å². The van der Waals surface area contributed by atoms with Crippen molar-refractivity contribution in [2.45, 2.75) is 57.4 Å². The topological polar surface area (TPSA) is 49.8 Å². The van der Waals surface area contributed by atoms with Gasteiger partial charge >= 0.3 is 5.97 Å². The van der Waals surface area contributed by atoms with Crippen molar-refractivity contribution in [2.75, 3.05) is 26.2 Å². The Morgan fingerprint density at radius 3 is 2.53 bits per heavy atom. The van der Waals surface area contributed by atoms with E-state index in [1.807, 2.05) is 24.3 Å². The lowest BCUT2D eigenvalue weighted by Crippen LogP contribution is -2.27. The molecule has 198 valence electrons. The van der Waals surface area contributed by atoms with Crippen molar-refractivity contribution in [2.24, 2.45) is 11.8 Å². The minimum absolute atomic E-state index is 0.0393. The number of hydrogen-bond donors (Lipinski definition) is 1. The summed E-state index contributed by atoms with van der Waals surface area (Å²) in [5.41, 5.74) is 2.11. The van der Waals surface area contributed by atoms with E-state index in [9.17, 15) is 9.90 Å². The third-order valence-corrected chi connectivity index (χ3v) is 9.07. The molecule has 4 atom stereocenters. The monoisotopic (exact) mass is 571 g/mol. The molecule has 4 nitrogen and oxygen atoms in total. The molecule has 3 rings (SSSR count). The molecule has 1 aromatic heterocycles. The molecule has 1 aromatic carbocycles. The second kappa shape index (κ2) is 14.2. The number of benzene rings is 1. The Kier molecular flexibility index (Phi) is 11.6. The summed E-state index contributed by atoms with van der Waals surface area (Å²) < 4.78 is 5.45. The minimum Gasteiger partial charge on any atom is -0.460 e. The molecule has 1 saturated carbocycles. The van der Waals surface area contributed by atoms with Gasteiger partial charge in [-0.2, -0.15) is 0 Å². The summed E-state index contributed by atoms with van der Waals surface area (Å²) in [7, 11) is 0. The summed E-state index contributed by atoms with van der Waals surface area (Å²) >= 11 is 20.5. The van der Waals surface area contributed by atoms with E-state index in [1.165, 1.54) is 11.3 Å². The number of halogens is 3. The second-order valence-corrected chi connectivity index (χ2v) is 12.0. The van der Waals surface area contributed by atoms with Crippen LogP contribution in [0.2, 0.25) is 10.0 Å². The number of allylic oxidation sites excluding steroid dienone is 1. The number of alkyl halides is 1. The number of carbonyl (C=O) groups is 1. The number of likely N-dealkylation sites (N-methyl/N-ethyl adjacent to an activating group) is 1. The number of aliphatic hydroxyl groups excluding tert-OH is 1. The number of rotatable bonds is 13. The van der Waals surface area contributed by atoms with Gasteiger partial charge in [-0.15, -0.1) is 22.9 Å². The molecule has 8 heteroatoms. The van der Waals surface area contributed by atoms with Gasteiger partial charge in [0.05, 0.1) is 6.10 Å². The lowest BCUT2D eigenvalue weighted by Gasteiger charge is -2.25. The smallest absolute Gasteiger partial charge is 0.348 e. The van der Waals surface area contributed by atoms with Crippen molar-refractivity contribution < 1.29 is 14.6 Å². The van der Waals surface area contributed by atoms with Crippen LogP contribution in [-0.4, -0.2) is 53.7 Å². The van der Waals surface area contributed by atoms with Crippen LogP contribution >= 0.6 is 46.1 Å². The molecule has 36 heavy (non-hydrogen) atoms. The van der Waals surface area contributed by atoms with Gasteiger partial charge in [-0.1, -0.05) is 49.2 Å². The first-order chi connectivity index (χ1) is 17.2. The summed E-state index contributed by atoms with van der Waals surface area (Å²) in [6, 6.07) is 9.38. The van der Waals surface area contributed by atoms with Crippen LogP contribution in [-0.2, 0) is 17.6 Å². The first-order valence-corrected chi connectivity index (χ1v) is 14.7. The predicted octanol–water partition coefficient (Wildman–Crippen LogP) is 7.28. The molecule has 0 saturated heterocycles. The van der Waals surface area contributed by atoms with Gasteiger partial charge in [0.2, 0.25) is 0 Å². The average Bonchev–Trinajstić information content (AvgIpc) is 3.42. The third-order valence-electron chi connectivity index (χ3n) is 7.06. The van der Waals surface area contributed by atoms with E-state index in [2.05, 4.69) is 25.3 Å². The van der Waals surface area contributed by atoms with Gasteiger partial charge < -0.3 is 14.7 Å². The highest BCUT2D eigenvalue weighted by atomic mass is 35.5. The molecule has 0 radical (unpaired) electrons. The molecule has 1 heterocycles. The Hall–Kier alpha value is -1.08. The summed E-state index contributed by atoms with van der Waals surface area (Å²) in [6.45, 7) is 11.6. The van der Waals surface area contributed by atoms with Gasteiger partial charge in [-0.05, 0) is 87.0 Å². The molecule has 1 fully saturated rings. The van der Waals surface area contributed by atoms with Crippen molar-refractivity contribution in [1.29, 1.82) is 0 Å². The number of aryl methyl sites for hydroxylation is 2. The van der Waals surface area contributed by atoms with Crippen LogP contribution in [0.3, 0.4) is 0 Å². The molecule has 1 aliphatic rings. The highest BCUT2D eigenvalue weighted by Crippen LogP contribution is 2.43. The Morgan fingerprint density at radius 1 is 1.17 bits per heavy atom. The molecule has 4 unspecified atom stereocenters. The van der Waals surface area contributed by atoms with E-state index in [-0.39, 0.29) is 23.2 Å². The third kappa shape index (κ3) is 8.21. The number of thiophene rings is 1. The van der Waals surface area contributed by atoms with Gasteiger partial charge in [0.25, 0.3) is 0 Å². The van der Waals surface area contributed by atoms with Crippen LogP contribution in [0, 0.1) is 11.8 Å². The number of esters is 1. The molecule has 1 N–H and O–H groups in total. The van der Waals surface area contributed by atoms with Gasteiger partial charge in [-0.25, -0.2) is 4.79 Å².